The lowest BCUT2D eigenvalue weighted by Gasteiger charge is -2.09. The summed E-state index contributed by atoms with van der Waals surface area (Å²) in [6.45, 7) is 0. The Morgan fingerprint density at radius 2 is 2.00 bits per heavy atom. The number of hydrogen-bond acceptors (Lipinski definition) is 1. The zero-order chi connectivity index (χ0) is 9.26. The van der Waals surface area contributed by atoms with Crippen LogP contribution in [-0.2, 0) is 4.79 Å². The molecule has 1 aliphatic heterocycles. The van der Waals surface area contributed by atoms with Gasteiger partial charge in [-0.05, 0) is 24.1 Å². The monoisotopic (exact) mass is 195 g/mol. The van der Waals surface area contributed by atoms with Crippen LogP contribution in [0.3, 0.4) is 0 Å². The zero-order valence-electron chi connectivity index (χ0n) is 7.09. The van der Waals surface area contributed by atoms with Crippen molar-refractivity contribution in [2.45, 2.75) is 18.9 Å². The molecular weight excluding hydrogens is 186 g/mol. The van der Waals surface area contributed by atoms with Gasteiger partial charge in [-0.3, -0.25) is 4.79 Å². The summed E-state index contributed by atoms with van der Waals surface area (Å²) < 4.78 is 0. The van der Waals surface area contributed by atoms with Crippen LogP contribution in [0.15, 0.2) is 24.3 Å². The first-order valence-corrected chi connectivity index (χ1v) is 4.68. The molecule has 13 heavy (non-hydrogen) atoms. The average molecular weight is 196 g/mol. The van der Waals surface area contributed by atoms with Crippen molar-refractivity contribution in [2.24, 2.45) is 0 Å². The van der Waals surface area contributed by atoms with Crippen molar-refractivity contribution in [2.75, 3.05) is 0 Å². The zero-order valence-corrected chi connectivity index (χ0v) is 7.84. The second-order valence-corrected chi connectivity index (χ2v) is 3.65. The lowest BCUT2D eigenvalue weighted by Crippen LogP contribution is -2.18. The summed E-state index contributed by atoms with van der Waals surface area (Å²) in [5.74, 6) is 0.139. The molecule has 1 N–H and O–H groups in total. The Morgan fingerprint density at radius 1 is 1.31 bits per heavy atom. The number of rotatable bonds is 1. The highest BCUT2D eigenvalue weighted by Crippen LogP contribution is 2.24. The minimum Gasteiger partial charge on any atom is -0.349 e. The maximum Gasteiger partial charge on any atom is 0.220 e. The van der Waals surface area contributed by atoms with E-state index in [1.165, 1.54) is 0 Å². The lowest BCUT2D eigenvalue weighted by molar-refractivity contribution is -0.119. The molecule has 0 saturated carbocycles. The first-order chi connectivity index (χ1) is 6.25. The van der Waals surface area contributed by atoms with Crippen molar-refractivity contribution in [1.82, 2.24) is 5.32 Å². The highest BCUT2D eigenvalue weighted by atomic mass is 35.5. The maximum atomic E-state index is 11.0. The molecule has 1 aliphatic rings. The van der Waals surface area contributed by atoms with Crippen molar-refractivity contribution in [3.63, 3.8) is 0 Å². The molecule has 1 amide bonds. The van der Waals surface area contributed by atoms with Gasteiger partial charge in [-0.1, -0.05) is 23.7 Å². The highest BCUT2D eigenvalue weighted by molar-refractivity contribution is 6.30. The summed E-state index contributed by atoms with van der Waals surface area (Å²) in [4.78, 5) is 11.0. The van der Waals surface area contributed by atoms with Gasteiger partial charge in [0.2, 0.25) is 5.91 Å². The minimum atomic E-state index is 0.139. The van der Waals surface area contributed by atoms with Crippen molar-refractivity contribution >= 4 is 17.5 Å². The Labute approximate surface area is 81.9 Å². The number of nitrogens with one attached hydrogen (secondary N) is 1. The Kier molecular flexibility index (Phi) is 2.23. The van der Waals surface area contributed by atoms with Gasteiger partial charge in [0.25, 0.3) is 0 Å². The van der Waals surface area contributed by atoms with Gasteiger partial charge in [0.05, 0.1) is 6.04 Å². The lowest BCUT2D eigenvalue weighted by atomic mass is 10.1. The minimum absolute atomic E-state index is 0.139. The predicted octanol–water partition coefficient (Wildman–Crippen LogP) is 2.29. The molecule has 1 saturated heterocycles. The van der Waals surface area contributed by atoms with E-state index in [1.807, 2.05) is 24.3 Å². The van der Waals surface area contributed by atoms with Gasteiger partial charge < -0.3 is 5.32 Å². The summed E-state index contributed by atoms with van der Waals surface area (Å²) in [5, 5.41) is 3.64. The van der Waals surface area contributed by atoms with Gasteiger partial charge in [0.15, 0.2) is 0 Å². The fourth-order valence-electron chi connectivity index (χ4n) is 1.56. The second-order valence-electron chi connectivity index (χ2n) is 3.21. The van der Waals surface area contributed by atoms with Gasteiger partial charge in [-0.25, -0.2) is 0 Å². The standard InChI is InChI=1S/C10H10ClNO/c11-8-3-1-7(2-4-8)9-5-6-10(13)12-9/h1-4,9H,5-6H2,(H,12,13)/t9-/m1/s1. The third kappa shape index (κ3) is 1.83. The Hall–Kier alpha value is -1.02. The highest BCUT2D eigenvalue weighted by Gasteiger charge is 2.21. The van der Waals surface area contributed by atoms with Crippen molar-refractivity contribution in [3.8, 4) is 0 Å². The largest absolute Gasteiger partial charge is 0.349 e. The van der Waals surface area contributed by atoms with E-state index >= 15 is 0 Å². The fourth-order valence-corrected chi connectivity index (χ4v) is 1.69. The van der Waals surface area contributed by atoms with Gasteiger partial charge in [-0.2, -0.15) is 0 Å². The molecule has 1 aromatic carbocycles. The van der Waals surface area contributed by atoms with Crippen LogP contribution in [-0.4, -0.2) is 5.91 Å². The van der Waals surface area contributed by atoms with Crippen molar-refractivity contribution < 1.29 is 4.79 Å². The smallest absolute Gasteiger partial charge is 0.220 e. The van der Waals surface area contributed by atoms with E-state index in [1.54, 1.807) is 0 Å². The Morgan fingerprint density at radius 3 is 2.54 bits per heavy atom. The quantitative estimate of drug-likeness (QED) is 0.732. The van der Waals surface area contributed by atoms with Gasteiger partial charge in [-0.15, -0.1) is 0 Å². The Bertz CT molecular complexity index is 320. The van der Waals surface area contributed by atoms with E-state index in [9.17, 15) is 4.79 Å². The van der Waals surface area contributed by atoms with E-state index in [0.29, 0.717) is 6.42 Å². The maximum absolute atomic E-state index is 11.0. The molecule has 0 radical (unpaired) electrons. The summed E-state index contributed by atoms with van der Waals surface area (Å²) in [6.07, 6.45) is 1.52. The molecule has 1 atom stereocenters. The SMILES string of the molecule is O=C1CC[C@H](c2ccc(Cl)cc2)N1. The number of halogens is 1. The normalized spacial score (nSPS) is 21.6. The van der Waals surface area contributed by atoms with Gasteiger partial charge >= 0.3 is 0 Å². The molecule has 3 heteroatoms. The van der Waals surface area contributed by atoms with Crippen LogP contribution in [0, 0.1) is 0 Å². The van der Waals surface area contributed by atoms with Crippen molar-refractivity contribution in [1.29, 1.82) is 0 Å². The first-order valence-electron chi connectivity index (χ1n) is 4.30. The molecule has 1 heterocycles. The molecule has 0 aliphatic carbocycles. The van der Waals surface area contributed by atoms with Crippen molar-refractivity contribution in [3.05, 3.63) is 34.9 Å². The van der Waals surface area contributed by atoms with E-state index in [-0.39, 0.29) is 11.9 Å². The van der Waals surface area contributed by atoms with Crippen LogP contribution in [0.4, 0.5) is 0 Å². The van der Waals surface area contributed by atoms with Crippen LogP contribution < -0.4 is 5.32 Å². The third-order valence-electron chi connectivity index (χ3n) is 2.27. The second kappa shape index (κ2) is 3.38. The number of benzene rings is 1. The topological polar surface area (TPSA) is 29.1 Å². The number of carbonyl (C=O) groups excluding carboxylic acids is 1. The summed E-state index contributed by atoms with van der Waals surface area (Å²) in [7, 11) is 0. The van der Waals surface area contributed by atoms with E-state index in [4.69, 9.17) is 11.6 Å². The average Bonchev–Trinajstić information content (AvgIpc) is 2.53. The predicted molar refractivity (Wildman–Crippen MR) is 51.6 cm³/mol. The van der Waals surface area contributed by atoms with E-state index < -0.39 is 0 Å². The number of hydrogen-bond donors (Lipinski definition) is 1. The van der Waals surface area contributed by atoms with Crippen LogP contribution in [0.1, 0.15) is 24.4 Å². The van der Waals surface area contributed by atoms with Crippen LogP contribution in [0.25, 0.3) is 0 Å². The summed E-state index contributed by atoms with van der Waals surface area (Å²) in [5.41, 5.74) is 1.13. The summed E-state index contributed by atoms with van der Waals surface area (Å²) in [6, 6.07) is 7.80. The molecule has 0 spiro atoms. The molecule has 1 fully saturated rings. The molecular formula is C10H10ClNO. The summed E-state index contributed by atoms with van der Waals surface area (Å²) >= 11 is 5.76. The van der Waals surface area contributed by atoms with Gasteiger partial charge in [0.1, 0.15) is 0 Å². The molecule has 2 rings (SSSR count). The molecule has 0 unspecified atom stereocenters. The first kappa shape index (κ1) is 8.57. The van der Waals surface area contributed by atoms with Gasteiger partial charge in [0, 0.05) is 11.4 Å². The third-order valence-corrected chi connectivity index (χ3v) is 2.52. The number of carbonyl (C=O) groups is 1. The van der Waals surface area contributed by atoms with Crippen LogP contribution >= 0.6 is 11.6 Å². The molecule has 0 bridgehead atoms. The van der Waals surface area contributed by atoms with Crippen LogP contribution in [0.2, 0.25) is 5.02 Å². The molecule has 1 aromatic rings. The van der Waals surface area contributed by atoms with E-state index in [0.717, 1.165) is 17.0 Å². The molecule has 68 valence electrons. The van der Waals surface area contributed by atoms with E-state index in [2.05, 4.69) is 5.32 Å². The molecule has 2 nitrogen and oxygen atoms in total. The Balaban J connectivity index is 2.17. The number of amides is 1. The van der Waals surface area contributed by atoms with Crippen LogP contribution in [0.5, 0.6) is 0 Å². The fraction of sp³-hybridized carbons (Fsp3) is 0.300. The molecule has 0 aromatic heterocycles.